The summed E-state index contributed by atoms with van der Waals surface area (Å²) in [5, 5.41) is 0. The van der Waals surface area contributed by atoms with Crippen molar-refractivity contribution < 1.29 is 18.7 Å². The van der Waals surface area contributed by atoms with E-state index in [2.05, 4.69) is 0 Å². The Balaban J connectivity index is 1.22. The van der Waals surface area contributed by atoms with E-state index in [0.717, 1.165) is 63.2 Å². The fraction of sp³-hybridized carbons (Fsp3) is 0.478. The Kier molecular flexibility index (Phi) is 6.17. The molecular weight excluding hydrogens is 368 g/mol. The van der Waals surface area contributed by atoms with Crippen LogP contribution in [-0.2, 0) is 0 Å². The zero-order chi connectivity index (χ0) is 20.1. The van der Waals surface area contributed by atoms with Gasteiger partial charge in [0.15, 0.2) is 0 Å². The van der Waals surface area contributed by atoms with Crippen LogP contribution in [0.3, 0.4) is 0 Å². The van der Waals surface area contributed by atoms with Gasteiger partial charge in [-0.1, -0.05) is 0 Å². The highest BCUT2D eigenvalue weighted by atomic mass is 16.5. The Hall–Kier alpha value is -2.76. The zero-order valence-electron chi connectivity index (χ0n) is 16.7. The van der Waals surface area contributed by atoms with Crippen molar-refractivity contribution in [3.63, 3.8) is 0 Å². The molecule has 2 amide bonds. The molecule has 2 saturated heterocycles. The first-order valence-corrected chi connectivity index (χ1v) is 10.5. The van der Waals surface area contributed by atoms with E-state index in [4.69, 9.17) is 9.15 Å². The second kappa shape index (κ2) is 9.16. The number of rotatable bonds is 5. The van der Waals surface area contributed by atoms with Crippen LogP contribution in [0.4, 0.5) is 0 Å². The summed E-state index contributed by atoms with van der Waals surface area (Å²) in [5.41, 5.74) is 1.34. The van der Waals surface area contributed by atoms with Crippen molar-refractivity contribution in [2.24, 2.45) is 5.92 Å². The normalized spacial score (nSPS) is 17.9. The number of furan rings is 1. The quantitative estimate of drug-likeness (QED) is 0.770. The number of hydrogen-bond donors (Lipinski definition) is 0. The van der Waals surface area contributed by atoms with Gasteiger partial charge < -0.3 is 19.0 Å². The van der Waals surface area contributed by atoms with Crippen LogP contribution in [0, 0.1) is 5.92 Å². The molecule has 6 nitrogen and oxygen atoms in total. The molecule has 0 saturated carbocycles. The van der Waals surface area contributed by atoms with E-state index in [1.807, 2.05) is 34.1 Å². The van der Waals surface area contributed by atoms with Gasteiger partial charge in [0.05, 0.1) is 18.4 Å². The van der Waals surface area contributed by atoms with Crippen LogP contribution >= 0.6 is 0 Å². The van der Waals surface area contributed by atoms with Crippen molar-refractivity contribution in [1.82, 2.24) is 9.80 Å². The monoisotopic (exact) mass is 396 g/mol. The van der Waals surface area contributed by atoms with Crippen LogP contribution in [0.25, 0.3) is 0 Å². The Morgan fingerprint density at radius 2 is 1.52 bits per heavy atom. The SMILES string of the molecule is O=C(c1ccc(OCC2CCN(C(=O)c3ccoc3)CC2)cc1)N1CCCCC1. The molecule has 0 spiro atoms. The molecule has 0 radical (unpaired) electrons. The Morgan fingerprint density at radius 1 is 0.862 bits per heavy atom. The molecule has 2 aliphatic heterocycles. The molecule has 3 heterocycles. The summed E-state index contributed by atoms with van der Waals surface area (Å²) < 4.78 is 11.0. The Bertz CT molecular complexity index is 802. The van der Waals surface area contributed by atoms with E-state index >= 15 is 0 Å². The maximum Gasteiger partial charge on any atom is 0.257 e. The van der Waals surface area contributed by atoms with Crippen LogP contribution in [0.1, 0.15) is 52.8 Å². The third-order valence-electron chi connectivity index (χ3n) is 5.90. The second-order valence-electron chi connectivity index (χ2n) is 7.94. The lowest BCUT2D eigenvalue weighted by atomic mass is 9.97. The van der Waals surface area contributed by atoms with Gasteiger partial charge in [-0.2, -0.15) is 0 Å². The highest BCUT2D eigenvalue weighted by Gasteiger charge is 2.24. The summed E-state index contributed by atoms with van der Waals surface area (Å²) in [7, 11) is 0. The summed E-state index contributed by atoms with van der Waals surface area (Å²) >= 11 is 0. The van der Waals surface area contributed by atoms with Gasteiger partial charge in [-0.05, 0) is 68.4 Å². The van der Waals surface area contributed by atoms with Crippen LogP contribution in [-0.4, -0.2) is 54.4 Å². The first-order chi connectivity index (χ1) is 14.2. The van der Waals surface area contributed by atoms with E-state index in [0.29, 0.717) is 18.1 Å². The minimum atomic E-state index is 0.0343. The molecule has 0 atom stereocenters. The van der Waals surface area contributed by atoms with E-state index in [9.17, 15) is 9.59 Å². The summed E-state index contributed by atoms with van der Waals surface area (Å²) in [4.78, 5) is 28.7. The molecule has 0 unspecified atom stereocenters. The number of amides is 2. The van der Waals surface area contributed by atoms with Gasteiger partial charge in [-0.25, -0.2) is 0 Å². The standard InChI is InChI=1S/C23H28N2O4/c26-22(24-11-2-1-3-12-24)19-4-6-21(7-5-19)29-16-18-8-13-25(14-9-18)23(27)20-10-15-28-17-20/h4-7,10,15,17-18H,1-3,8-9,11-14,16H2. The largest absolute Gasteiger partial charge is 0.493 e. The number of likely N-dealkylation sites (tertiary alicyclic amines) is 2. The number of hydrogen-bond acceptors (Lipinski definition) is 4. The predicted octanol–water partition coefficient (Wildman–Crippen LogP) is 3.84. The molecule has 2 aliphatic rings. The molecule has 29 heavy (non-hydrogen) atoms. The number of piperidine rings is 2. The maximum absolute atomic E-state index is 12.5. The van der Waals surface area contributed by atoms with Crippen LogP contribution in [0.5, 0.6) is 5.75 Å². The third kappa shape index (κ3) is 4.81. The fourth-order valence-electron chi connectivity index (χ4n) is 4.06. The molecule has 2 aromatic rings. The number of nitrogens with zero attached hydrogens (tertiary/aromatic N) is 2. The fourth-order valence-corrected chi connectivity index (χ4v) is 4.06. The Labute approximate surface area is 171 Å². The van der Waals surface area contributed by atoms with Crippen LogP contribution in [0.15, 0.2) is 47.3 Å². The van der Waals surface area contributed by atoms with Gasteiger partial charge in [0.1, 0.15) is 12.0 Å². The molecule has 154 valence electrons. The van der Waals surface area contributed by atoms with Crippen molar-refractivity contribution >= 4 is 11.8 Å². The molecule has 1 aromatic heterocycles. The molecular formula is C23H28N2O4. The van der Waals surface area contributed by atoms with Crippen molar-refractivity contribution in [2.45, 2.75) is 32.1 Å². The number of carbonyl (C=O) groups excluding carboxylic acids is 2. The van der Waals surface area contributed by atoms with Gasteiger partial charge in [-0.15, -0.1) is 0 Å². The van der Waals surface area contributed by atoms with Crippen molar-refractivity contribution in [3.8, 4) is 5.75 Å². The van der Waals surface area contributed by atoms with Gasteiger partial charge in [-0.3, -0.25) is 9.59 Å². The van der Waals surface area contributed by atoms with Gasteiger partial charge in [0.25, 0.3) is 11.8 Å². The van der Waals surface area contributed by atoms with Gasteiger partial charge >= 0.3 is 0 Å². The van der Waals surface area contributed by atoms with Crippen LogP contribution in [0.2, 0.25) is 0 Å². The lowest BCUT2D eigenvalue weighted by Gasteiger charge is -2.31. The van der Waals surface area contributed by atoms with Gasteiger partial charge in [0.2, 0.25) is 0 Å². The van der Waals surface area contributed by atoms with Crippen molar-refractivity contribution in [1.29, 1.82) is 0 Å². The molecule has 0 bridgehead atoms. The molecule has 2 fully saturated rings. The summed E-state index contributed by atoms with van der Waals surface area (Å²) in [5.74, 6) is 1.37. The highest BCUT2D eigenvalue weighted by molar-refractivity contribution is 5.94. The van der Waals surface area contributed by atoms with E-state index in [1.165, 1.54) is 18.9 Å². The van der Waals surface area contributed by atoms with Crippen LogP contribution < -0.4 is 4.74 Å². The predicted molar refractivity (Wildman–Crippen MR) is 109 cm³/mol. The maximum atomic E-state index is 12.5. The summed E-state index contributed by atoms with van der Waals surface area (Å²) in [6.45, 7) is 3.83. The minimum Gasteiger partial charge on any atom is -0.493 e. The second-order valence-corrected chi connectivity index (χ2v) is 7.94. The lowest BCUT2D eigenvalue weighted by molar-refractivity contribution is 0.0659. The molecule has 1 aromatic carbocycles. The molecule has 4 rings (SSSR count). The van der Waals surface area contributed by atoms with E-state index < -0.39 is 0 Å². The topological polar surface area (TPSA) is 63.0 Å². The average Bonchev–Trinajstić information content (AvgIpc) is 3.33. The van der Waals surface area contributed by atoms with Gasteiger partial charge in [0, 0.05) is 31.7 Å². The number of benzene rings is 1. The smallest absolute Gasteiger partial charge is 0.257 e. The van der Waals surface area contributed by atoms with E-state index in [-0.39, 0.29) is 11.8 Å². The first-order valence-electron chi connectivity index (χ1n) is 10.5. The lowest BCUT2D eigenvalue weighted by Crippen LogP contribution is -2.39. The third-order valence-corrected chi connectivity index (χ3v) is 5.90. The molecule has 0 N–H and O–H groups in total. The van der Waals surface area contributed by atoms with E-state index in [1.54, 1.807) is 6.07 Å². The Morgan fingerprint density at radius 3 is 2.17 bits per heavy atom. The molecule has 0 aliphatic carbocycles. The number of ether oxygens (including phenoxy) is 1. The average molecular weight is 396 g/mol. The van der Waals surface area contributed by atoms with Crippen molar-refractivity contribution in [2.75, 3.05) is 32.8 Å². The van der Waals surface area contributed by atoms with Crippen molar-refractivity contribution in [3.05, 3.63) is 54.0 Å². The minimum absolute atomic E-state index is 0.0343. The highest BCUT2D eigenvalue weighted by Crippen LogP contribution is 2.22. The summed E-state index contributed by atoms with van der Waals surface area (Å²) in [6.07, 6.45) is 8.28. The zero-order valence-corrected chi connectivity index (χ0v) is 16.7. The summed E-state index contributed by atoms with van der Waals surface area (Å²) in [6, 6.07) is 9.19. The number of carbonyl (C=O) groups is 2. The molecule has 6 heteroatoms. The first kappa shape index (κ1) is 19.6.